The molecular weight excluding hydrogens is 280 g/mol. The van der Waals surface area contributed by atoms with Crippen LogP contribution in [0.3, 0.4) is 0 Å². The molecule has 0 aliphatic heterocycles. The van der Waals surface area contributed by atoms with Crippen molar-refractivity contribution >= 4 is 7.82 Å². The van der Waals surface area contributed by atoms with Crippen molar-refractivity contribution in [1.82, 2.24) is 0 Å². The Labute approximate surface area is 108 Å². The molecule has 0 radical (unpaired) electrons. The second-order valence-electron chi connectivity index (χ2n) is 2.22. The maximum atomic E-state index is 11.4. The molecule has 0 aliphatic rings. The first-order valence-electron chi connectivity index (χ1n) is 3.15. The Morgan fingerprint density at radius 2 is 1.19 bits per heavy atom. The van der Waals surface area contributed by atoms with E-state index in [-0.39, 0.29) is 29.6 Å². The summed E-state index contributed by atoms with van der Waals surface area (Å²) in [4.78, 5) is 10.3. The number of hydrogen-bond donors (Lipinski definition) is 0. The third-order valence-corrected chi connectivity index (χ3v) is 1.66. The van der Waals surface area contributed by atoms with Crippen molar-refractivity contribution in [2.24, 2.45) is 0 Å². The molecule has 0 unspecified atom stereocenters. The van der Waals surface area contributed by atoms with E-state index in [4.69, 9.17) is 0 Å². The van der Waals surface area contributed by atoms with Gasteiger partial charge in [0.05, 0.1) is 0 Å². The van der Waals surface area contributed by atoms with Crippen molar-refractivity contribution in [3.05, 3.63) is 0 Å². The van der Waals surface area contributed by atoms with Crippen LogP contribution < -0.4 is 34.5 Å². The quantitative estimate of drug-likeness (QED) is 0.362. The van der Waals surface area contributed by atoms with Crippen molar-refractivity contribution in [3.63, 3.8) is 0 Å². The van der Waals surface area contributed by atoms with E-state index in [1.165, 1.54) is 0 Å². The van der Waals surface area contributed by atoms with Gasteiger partial charge in [-0.05, 0) is 0 Å². The van der Waals surface area contributed by atoms with E-state index in [2.05, 4.69) is 9.05 Å². The Bertz CT molecular complexity index is 230. The molecule has 0 N–H and O–H groups in total. The van der Waals surface area contributed by atoms with Crippen LogP contribution in [0.1, 0.15) is 0 Å². The topological polar surface area (TPSA) is 58.6 Å². The number of hydrogen-bond acceptors (Lipinski definition) is 4. The standard InChI is InChI=1S/C4H5F6O4P.Na/c5-3(6,7)1-13-15(11,12)14-2-4(8,9)10;/h1-2H2,(H,11,12);/q;+1/p-1. The summed E-state index contributed by atoms with van der Waals surface area (Å²) in [6, 6.07) is 0. The van der Waals surface area contributed by atoms with Gasteiger partial charge in [-0.2, -0.15) is 26.3 Å². The van der Waals surface area contributed by atoms with Gasteiger partial charge in [-0.15, -0.1) is 0 Å². The van der Waals surface area contributed by atoms with Crippen LogP contribution in [0.5, 0.6) is 0 Å². The van der Waals surface area contributed by atoms with Crippen molar-refractivity contribution in [3.8, 4) is 0 Å². The summed E-state index contributed by atoms with van der Waals surface area (Å²) in [5, 5.41) is 0. The molecule has 0 aromatic rings. The minimum absolute atomic E-state index is 0. The second kappa shape index (κ2) is 6.58. The molecule has 12 heteroatoms. The predicted octanol–water partition coefficient (Wildman–Crippen LogP) is -1.38. The van der Waals surface area contributed by atoms with Crippen LogP contribution in [-0.4, -0.2) is 25.6 Å². The Hall–Kier alpha value is 0.690. The zero-order valence-electron chi connectivity index (χ0n) is 7.76. The van der Waals surface area contributed by atoms with Gasteiger partial charge in [0.15, 0.2) is 13.2 Å². The largest absolute Gasteiger partial charge is 1.00 e. The Balaban J connectivity index is 0. The molecule has 0 heterocycles. The third-order valence-electron chi connectivity index (χ3n) is 0.773. The fourth-order valence-corrected chi connectivity index (χ4v) is 1.03. The fourth-order valence-electron chi connectivity index (χ4n) is 0.342. The van der Waals surface area contributed by atoms with Gasteiger partial charge in [0.2, 0.25) is 0 Å². The molecule has 0 saturated carbocycles. The van der Waals surface area contributed by atoms with Gasteiger partial charge in [0.25, 0.3) is 7.82 Å². The average Bonchev–Trinajstić information content (AvgIpc) is 1.96. The molecule has 92 valence electrons. The molecule has 0 spiro atoms. The van der Waals surface area contributed by atoms with E-state index in [1.54, 1.807) is 0 Å². The van der Waals surface area contributed by atoms with Crippen molar-refractivity contribution < 1.29 is 74.4 Å². The molecule has 0 rings (SSSR count). The van der Waals surface area contributed by atoms with Crippen LogP contribution in [-0.2, 0) is 13.6 Å². The molecule has 0 aromatic carbocycles. The van der Waals surface area contributed by atoms with Crippen molar-refractivity contribution in [2.75, 3.05) is 13.2 Å². The predicted molar refractivity (Wildman–Crippen MR) is 31.6 cm³/mol. The van der Waals surface area contributed by atoms with Gasteiger partial charge in [0.1, 0.15) is 0 Å². The Morgan fingerprint density at radius 3 is 1.38 bits per heavy atom. The third kappa shape index (κ3) is 12.8. The van der Waals surface area contributed by atoms with E-state index in [0.29, 0.717) is 0 Å². The minimum Gasteiger partial charge on any atom is -0.756 e. The zero-order chi connectivity index (χ0) is 12.3. The van der Waals surface area contributed by atoms with Crippen LogP contribution in [0.4, 0.5) is 26.3 Å². The number of phosphoric acid groups is 1. The summed E-state index contributed by atoms with van der Waals surface area (Å²) in [6.45, 7) is -4.46. The maximum Gasteiger partial charge on any atom is 1.00 e. The summed E-state index contributed by atoms with van der Waals surface area (Å²) >= 11 is 0. The van der Waals surface area contributed by atoms with Crippen LogP contribution in [0.25, 0.3) is 0 Å². The van der Waals surface area contributed by atoms with Gasteiger partial charge in [-0.25, -0.2) is 0 Å². The van der Waals surface area contributed by atoms with Crippen LogP contribution in [0.15, 0.2) is 0 Å². The Morgan fingerprint density at radius 1 is 0.938 bits per heavy atom. The van der Waals surface area contributed by atoms with Gasteiger partial charge < -0.3 is 13.9 Å². The molecule has 0 fully saturated rings. The molecule has 0 atom stereocenters. The van der Waals surface area contributed by atoms with Gasteiger partial charge >= 0.3 is 41.9 Å². The van der Waals surface area contributed by atoms with Gasteiger partial charge in [0, 0.05) is 0 Å². The molecule has 0 amide bonds. The van der Waals surface area contributed by atoms with E-state index in [9.17, 15) is 35.8 Å². The molecule has 0 aliphatic carbocycles. The molecule has 0 bridgehead atoms. The molecule has 4 nitrogen and oxygen atoms in total. The first-order valence-corrected chi connectivity index (χ1v) is 4.61. The summed E-state index contributed by atoms with van der Waals surface area (Å²) in [5.41, 5.74) is 0. The second-order valence-corrected chi connectivity index (χ2v) is 3.64. The SMILES string of the molecule is O=P([O-])(OCC(F)(F)F)OCC(F)(F)F.[Na+]. The monoisotopic (exact) mass is 284 g/mol. The number of phosphoric ester groups is 1. The van der Waals surface area contributed by atoms with Crippen LogP contribution >= 0.6 is 7.82 Å². The van der Waals surface area contributed by atoms with E-state index < -0.39 is 33.4 Å². The summed E-state index contributed by atoms with van der Waals surface area (Å²) in [6.07, 6.45) is -9.94. The molecular formula is C4H4F6NaO4P. The van der Waals surface area contributed by atoms with Gasteiger partial charge in [-0.3, -0.25) is 4.57 Å². The summed E-state index contributed by atoms with van der Waals surface area (Å²) in [7, 11) is -5.58. The molecule has 16 heavy (non-hydrogen) atoms. The molecule has 0 aromatic heterocycles. The first-order chi connectivity index (χ1) is 6.41. The van der Waals surface area contributed by atoms with E-state index >= 15 is 0 Å². The van der Waals surface area contributed by atoms with Crippen LogP contribution in [0, 0.1) is 0 Å². The van der Waals surface area contributed by atoms with Crippen molar-refractivity contribution in [2.45, 2.75) is 12.4 Å². The number of halogens is 6. The van der Waals surface area contributed by atoms with E-state index in [1.807, 2.05) is 0 Å². The van der Waals surface area contributed by atoms with Crippen molar-refractivity contribution in [1.29, 1.82) is 0 Å². The number of rotatable bonds is 4. The first kappa shape index (κ1) is 19.0. The summed E-state index contributed by atoms with van der Waals surface area (Å²) in [5.74, 6) is 0. The minimum atomic E-state index is -5.58. The zero-order valence-corrected chi connectivity index (χ0v) is 10.7. The van der Waals surface area contributed by atoms with Crippen LogP contribution in [0.2, 0.25) is 0 Å². The maximum absolute atomic E-state index is 11.4. The summed E-state index contributed by atoms with van der Waals surface area (Å²) < 4.78 is 85.0. The smallest absolute Gasteiger partial charge is 0.756 e. The molecule has 0 saturated heterocycles. The number of alkyl halides is 6. The Kier molecular flexibility index (Phi) is 7.83. The fraction of sp³-hybridized carbons (Fsp3) is 1.00. The van der Waals surface area contributed by atoms with E-state index in [0.717, 1.165) is 0 Å². The normalized spacial score (nSPS) is 13.4. The average molecular weight is 284 g/mol. The van der Waals surface area contributed by atoms with Gasteiger partial charge in [-0.1, -0.05) is 0 Å².